The summed E-state index contributed by atoms with van der Waals surface area (Å²) in [6.07, 6.45) is 2.85. The average molecular weight is 194 g/mol. The van der Waals surface area contributed by atoms with E-state index in [4.69, 9.17) is 0 Å². The van der Waals surface area contributed by atoms with Gasteiger partial charge >= 0.3 is 0 Å². The molecule has 2 rings (SSSR count). The Labute approximate surface area is 83.6 Å². The quantitative estimate of drug-likeness (QED) is 0.767. The molecule has 0 amide bonds. The minimum atomic E-state index is -0.473. The van der Waals surface area contributed by atoms with Crippen molar-refractivity contribution in [3.8, 4) is 0 Å². The number of hydrogen-bond acceptors (Lipinski definition) is 1. The van der Waals surface area contributed by atoms with Gasteiger partial charge in [0.2, 0.25) is 0 Å². The first-order valence-electron chi connectivity index (χ1n) is 5.12. The van der Waals surface area contributed by atoms with Gasteiger partial charge in [0.1, 0.15) is 5.82 Å². The maximum Gasteiger partial charge on any atom is 0.123 e. The van der Waals surface area contributed by atoms with E-state index in [-0.39, 0.29) is 5.82 Å². The van der Waals surface area contributed by atoms with Crippen molar-refractivity contribution in [2.75, 3.05) is 0 Å². The predicted octanol–water partition coefficient (Wildman–Crippen LogP) is 2.97. The maximum absolute atomic E-state index is 13.0. The molecular formula is C12H15FO. The van der Waals surface area contributed by atoms with E-state index >= 15 is 0 Å². The van der Waals surface area contributed by atoms with Crippen molar-refractivity contribution in [1.82, 2.24) is 0 Å². The van der Waals surface area contributed by atoms with Gasteiger partial charge in [-0.1, -0.05) is 12.5 Å². The van der Waals surface area contributed by atoms with Gasteiger partial charge in [0.25, 0.3) is 0 Å². The van der Waals surface area contributed by atoms with Gasteiger partial charge in [-0.05, 0) is 48.9 Å². The number of aryl methyl sites for hydroxylation is 1. The lowest BCUT2D eigenvalue weighted by molar-refractivity contribution is 0.0613. The Morgan fingerprint density at radius 3 is 2.71 bits per heavy atom. The first-order chi connectivity index (χ1) is 6.68. The molecule has 0 aliphatic heterocycles. The van der Waals surface area contributed by atoms with Crippen molar-refractivity contribution in [1.29, 1.82) is 0 Å². The van der Waals surface area contributed by atoms with Crippen LogP contribution in [0, 0.1) is 18.7 Å². The lowest BCUT2D eigenvalue weighted by Gasteiger charge is -2.31. The summed E-state index contributed by atoms with van der Waals surface area (Å²) < 4.78 is 13.0. The van der Waals surface area contributed by atoms with Crippen LogP contribution < -0.4 is 0 Å². The van der Waals surface area contributed by atoms with Crippen LogP contribution >= 0.6 is 0 Å². The van der Waals surface area contributed by atoms with Gasteiger partial charge in [-0.25, -0.2) is 4.39 Å². The standard InChI is InChI=1S/C12H15FO/c1-8-5-6-10(13)7-11(8)12(14)9-3-2-4-9/h5-7,9,12,14H,2-4H2,1H3. The van der Waals surface area contributed by atoms with Crippen molar-refractivity contribution in [3.63, 3.8) is 0 Å². The first-order valence-corrected chi connectivity index (χ1v) is 5.12. The number of rotatable bonds is 2. The first kappa shape index (κ1) is 9.66. The third kappa shape index (κ3) is 1.67. The fourth-order valence-corrected chi connectivity index (χ4v) is 1.94. The molecule has 1 unspecified atom stereocenters. The van der Waals surface area contributed by atoms with Crippen LogP contribution in [-0.4, -0.2) is 5.11 Å². The molecule has 0 heterocycles. The number of aliphatic hydroxyl groups is 1. The molecule has 1 nitrogen and oxygen atoms in total. The third-order valence-electron chi connectivity index (χ3n) is 3.16. The van der Waals surface area contributed by atoms with E-state index in [0.29, 0.717) is 5.92 Å². The molecule has 76 valence electrons. The summed E-state index contributed by atoms with van der Waals surface area (Å²) >= 11 is 0. The van der Waals surface area contributed by atoms with Gasteiger partial charge in [-0.15, -0.1) is 0 Å². The average Bonchev–Trinajstić information content (AvgIpc) is 2.06. The molecule has 0 bridgehead atoms. The fourth-order valence-electron chi connectivity index (χ4n) is 1.94. The van der Waals surface area contributed by atoms with Crippen molar-refractivity contribution < 1.29 is 9.50 Å². The summed E-state index contributed by atoms with van der Waals surface area (Å²) in [5, 5.41) is 9.98. The van der Waals surface area contributed by atoms with Gasteiger partial charge in [-0.3, -0.25) is 0 Å². The second-order valence-electron chi connectivity index (χ2n) is 4.14. The molecule has 1 atom stereocenters. The van der Waals surface area contributed by atoms with Gasteiger partial charge < -0.3 is 5.11 Å². The minimum absolute atomic E-state index is 0.260. The summed E-state index contributed by atoms with van der Waals surface area (Å²) in [6.45, 7) is 1.91. The minimum Gasteiger partial charge on any atom is -0.388 e. The van der Waals surface area contributed by atoms with E-state index in [9.17, 15) is 9.50 Å². The van der Waals surface area contributed by atoms with E-state index in [0.717, 1.165) is 24.0 Å². The van der Waals surface area contributed by atoms with E-state index in [2.05, 4.69) is 0 Å². The molecule has 0 spiro atoms. The molecule has 1 aliphatic rings. The molecule has 1 fully saturated rings. The van der Waals surface area contributed by atoms with Crippen molar-refractivity contribution >= 4 is 0 Å². The highest BCUT2D eigenvalue weighted by atomic mass is 19.1. The summed E-state index contributed by atoms with van der Waals surface area (Å²) in [4.78, 5) is 0. The number of halogens is 1. The zero-order valence-corrected chi connectivity index (χ0v) is 8.33. The van der Waals surface area contributed by atoms with Crippen LogP contribution in [0.3, 0.4) is 0 Å². The van der Waals surface area contributed by atoms with Crippen LogP contribution in [0.2, 0.25) is 0 Å². The Morgan fingerprint density at radius 1 is 1.43 bits per heavy atom. The van der Waals surface area contributed by atoms with Crippen molar-refractivity contribution in [2.24, 2.45) is 5.92 Å². The molecule has 1 aromatic carbocycles. The lowest BCUT2D eigenvalue weighted by atomic mass is 9.78. The Balaban J connectivity index is 2.24. The molecule has 1 N–H and O–H groups in total. The van der Waals surface area contributed by atoms with Crippen LogP contribution in [-0.2, 0) is 0 Å². The van der Waals surface area contributed by atoms with Crippen LogP contribution in [0.5, 0.6) is 0 Å². The number of benzene rings is 1. The van der Waals surface area contributed by atoms with Gasteiger partial charge in [0.05, 0.1) is 6.10 Å². The van der Waals surface area contributed by atoms with Crippen LogP contribution in [0.1, 0.15) is 36.5 Å². The Hall–Kier alpha value is -0.890. The summed E-state index contributed by atoms with van der Waals surface area (Å²) in [7, 11) is 0. The Kier molecular flexibility index (Phi) is 2.55. The number of aliphatic hydroxyl groups excluding tert-OH is 1. The smallest absolute Gasteiger partial charge is 0.123 e. The second kappa shape index (κ2) is 3.70. The van der Waals surface area contributed by atoms with E-state index < -0.39 is 6.10 Å². The normalized spacial score (nSPS) is 19.1. The molecule has 0 saturated heterocycles. The predicted molar refractivity (Wildman–Crippen MR) is 53.4 cm³/mol. The molecule has 14 heavy (non-hydrogen) atoms. The van der Waals surface area contributed by atoms with Crippen molar-refractivity contribution in [3.05, 3.63) is 35.1 Å². The second-order valence-corrected chi connectivity index (χ2v) is 4.14. The largest absolute Gasteiger partial charge is 0.388 e. The maximum atomic E-state index is 13.0. The van der Waals surface area contributed by atoms with E-state index in [1.807, 2.05) is 6.92 Å². The molecule has 1 aliphatic carbocycles. The van der Waals surface area contributed by atoms with Crippen LogP contribution in [0.4, 0.5) is 4.39 Å². The SMILES string of the molecule is Cc1ccc(F)cc1C(O)C1CCC1. The highest BCUT2D eigenvalue weighted by molar-refractivity contribution is 5.29. The fraction of sp³-hybridized carbons (Fsp3) is 0.500. The van der Waals surface area contributed by atoms with Crippen molar-refractivity contribution in [2.45, 2.75) is 32.3 Å². The Morgan fingerprint density at radius 2 is 2.14 bits per heavy atom. The van der Waals surface area contributed by atoms with E-state index in [1.54, 1.807) is 6.07 Å². The topological polar surface area (TPSA) is 20.2 Å². The van der Waals surface area contributed by atoms with Crippen LogP contribution in [0.15, 0.2) is 18.2 Å². The summed E-state index contributed by atoms with van der Waals surface area (Å²) in [6, 6.07) is 4.62. The highest BCUT2D eigenvalue weighted by Crippen LogP contribution is 2.38. The number of hydrogen-bond donors (Lipinski definition) is 1. The van der Waals surface area contributed by atoms with E-state index in [1.165, 1.54) is 18.6 Å². The van der Waals surface area contributed by atoms with Gasteiger partial charge in [-0.2, -0.15) is 0 Å². The third-order valence-corrected chi connectivity index (χ3v) is 3.16. The highest BCUT2D eigenvalue weighted by Gasteiger charge is 2.27. The lowest BCUT2D eigenvalue weighted by Crippen LogP contribution is -2.20. The molecule has 1 aromatic rings. The van der Waals surface area contributed by atoms with Crippen LogP contribution in [0.25, 0.3) is 0 Å². The molecule has 0 radical (unpaired) electrons. The summed E-state index contributed by atoms with van der Waals surface area (Å²) in [5.41, 5.74) is 1.74. The molecule has 1 saturated carbocycles. The monoisotopic (exact) mass is 194 g/mol. The molecule has 0 aromatic heterocycles. The van der Waals surface area contributed by atoms with Gasteiger partial charge in [0.15, 0.2) is 0 Å². The zero-order chi connectivity index (χ0) is 10.1. The summed E-state index contributed by atoms with van der Waals surface area (Å²) in [5.74, 6) is 0.0828. The molecule has 2 heteroatoms. The zero-order valence-electron chi connectivity index (χ0n) is 8.33. The Bertz CT molecular complexity index is 331. The molecular weight excluding hydrogens is 179 g/mol. The van der Waals surface area contributed by atoms with Gasteiger partial charge in [0, 0.05) is 0 Å².